The summed E-state index contributed by atoms with van der Waals surface area (Å²) in [6.07, 6.45) is 0. The molecule has 0 fully saturated rings. The van der Waals surface area contributed by atoms with Gasteiger partial charge in [-0.3, -0.25) is 4.72 Å². The van der Waals surface area contributed by atoms with Crippen LogP contribution < -0.4 is 4.72 Å². The number of hydrogen-bond donors (Lipinski definition) is 1. The first-order valence-corrected chi connectivity index (χ1v) is 7.64. The van der Waals surface area contributed by atoms with Crippen LogP contribution >= 0.6 is 23.2 Å². The van der Waals surface area contributed by atoms with Crippen molar-refractivity contribution in [3.8, 4) is 0 Å². The topological polar surface area (TPSA) is 59.1 Å². The molecule has 0 unspecified atom stereocenters. The highest BCUT2D eigenvalue weighted by Crippen LogP contribution is 2.28. The molecule has 0 radical (unpaired) electrons. The fourth-order valence-electron chi connectivity index (χ4n) is 1.55. The Balaban J connectivity index is 2.44. The molecule has 0 bridgehead atoms. The van der Waals surface area contributed by atoms with E-state index in [1.165, 1.54) is 18.2 Å². The van der Waals surface area contributed by atoms with Crippen molar-refractivity contribution < 1.29 is 12.8 Å². The van der Waals surface area contributed by atoms with E-state index < -0.39 is 15.8 Å². The lowest BCUT2D eigenvalue weighted by Gasteiger charge is -2.12. The van der Waals surface area contributed by atoms with Crippen molar-refractivity contribution in [1.29, 1.82) is 0 Å². The predicted octanol–water partition coefficient (Wildman–Crippen LogP) is 3.64. The summed E-state index contributed by atoms with van der Waals surface area (Å²) in [6, 6.07) is 6.11. The lowest BCUT2D eigenvalue weighted by molar-refractivity contribution is 0.595. The Kier molecular flexibility index (Phi) is 4.17. The Labute approximate surface area is 125 Å². The van der Waals surface area contributed by atoms with Crippen molar-refractivity contribution in [1.82, 2.24) is 4.98 Å². The van der Waals surface area contributed by atoms with Gasteiger partial charge >= 0.3 is 0 Å². The summed E-state index contributed by atoms with van der Waals surface area (Å²) in [5.41, 5.74) is 0.621. The fourth-order valence-corrected chi connectivity index (χ4v) is 3.35. The molecule has 0 aliphatic rings. The molecule has 106 valence electrons. The van der Waals surface area contributed by atoms with Crippen LogP contribution in [0.1, 0.15) is 5.56 Å². The van der Waals surface area contributed by atoms with Crippen molar-refractivity contribution >= 4 is 38.9 Å². The first-order chi connectivity index (χ1) is 9.29. The second-order valence-corrected chi connectivity index (χ2v) is 6.42. The van der Waals surface area contributed by atoms with Gasteiger partial charge < -0.3 is 0 Å². The maximum atomic E-state index is 13.1. The van der Waals surface area contributed by atoms with E-state index in [2.05, 4.69) is 9.71 Å². The number of halogens is 3. The molecule has 0 saturated heterocycles. The second-order valence-electron chi connectivity index (χ2n) is 3.99. The van der Waals surface area contributed by atoms with Crippen molar-refractivity contribution in [3.05, 3.63) is 52.0 Å². The van der Waals surface area contributed by atoms with E-state index in [0.717, 1.165) is 12.1 Å². The van der Waals surface area contributed by atoms with Crippen LogP contribution in [0, 0.1) is 12.7 Å². The maximum Gasteiger partial charge on any atom is 0.262 e. The molecule has 0 saturated carbocycles. The van der Waals surface area contributed by atoms with Crippen LogP contribution in [-0.2, 0) is 10.0 Å². The van der Waals surface area contributed by atoms with Crippen LogP contribution in [0.15, 0.2) is 35.2 Å². The van der Waals surface area contributed by atoms with Gasteiger partial charge in [0.2, 0.25) is 0 Å². The van der Waals surface area contributed by atoms with Gasteiger partial charge in [-0.1, -0.05) is 29.3 Å². The number of anilines is 1. The maximum absolute atomic E-state index is 13.1. The zero-order valence-electron chi connectivity index (χ0n) is 10.2. The third kappa shape index (κ3) is 3.20. The van der Waals surface area contributed by atoms with Crippen LogP contribution in [0.25, 0.3) is 0 Å². The zero-order valence-corrected chi connectivity index (χ0v) is 12.5. The summed E-state index contributed by atoms with van der Waals surface area (Å²) in [5.74, 6) is -0.648. The van der Waals surface area contributed by atoms with E-state index >= 15 is 0 Å². The van der Waals surface area contributed by atoms with Crippen molar-refractivity contribution in [2.75, 3.05) is 4.72 Å². The molecule has 0 atom stereocenters. The molecule has 4 nitrogen and oxygen atoms in total. The number of hydrogen-bond acceptors (Lipinski definition) is 3. The third-order valence-corrected chi connectivity index (χ3v) is 4.30. The van der Waals surface area contributed by atoms with E-state index in [4.69, 9.17) is 23.2 Å². The van der Waals surface area contributed by atoms with Crippen molar-refractivity contribution in [3.63, 3.8) is 0 Å². The summed E-state index contributed by atoms with van der Waals surface area (Å²) in [4.78, 5) is 3.55. The zero-order chi connectivity index (χ0) is 14.9. The molecule has 2 aromatic rings. The molecular formula is C12H9Cl2FN2O2S. The minimum atomic E-state index is -3.95. The van der Waals surface area contributed by atoms with E-state index in [1.54, 1.807) is 6.92 Å². The van der Waals surface area contributed by atoms with Crippen molar-refractivity contribution in [2.45, 2.75) is 11.8 Å². The lowest BCUT2D eigenvalue weighted by Crippen LogP contribution is -2.14. The Morgan fingerprint density at radius 2 is 1.95 bits per heavy atom. The monoisotopic (exact) mass is 334 g/mol. The summed E-state index contributed by atoms with van der Waals surface area (Å²) in [7, 11) is -3.95. The lowest BCUT2D eigenvalue weighted by atomic mass is 10.3. The standard InChI is InChI=1S/C12H9Cl2FN2O2S/c1-7-5-10(13)16-12(14)11(7)17-20(18,19)9-4-2-3-8(15)6-9/h2-6,17H,1H3. The number of nitrogens with one attached hydrogen (secondary N) is 1. The van der Waals surface area contributed by atoms with Gasteiger partial charge in [-0.05, 0) is 36.8 Å². The molecule has 1 aromatic carbocycles. The highest BCUT2D eigenvalue weighted by Gasteiger charge is 2.18. The van der Waals surface area contributed by atoms with Gasteiger partial charge in [-0.2, -0.15) is 0 Å². The molecule has 1 aromatic heterocycles. The number of aryl methyl sites for hydroxylation is 1. The largest absolute Gasteiger partial charge is 0.276 e. The smallest absolute Gasteiger partial charge is 0.262 e. The molecule has 0 aliphatic carbocycles. The van der Waals surface area contributed by atoms with Gasteiger partial charge in [0, 0.05) is 0 Å². The first-order valence-electron chi connectivity index (χ1n) is 5.40. The van der Waals surface area contributed by atoms with E-state index in [9.17, 15) is 12.8 Å². The molecule has 1 heterocycles. The second kappa shape index (κ2) is 5.55. The van der Waals surface area contributed by atoms with Gasteiger partial charge in [0.1, 0.15) is 11.0 Å². The number of pyridine rings is 1. The molecular weight excluding hydrogens is 326 g/mol. The Hall–Kier alpha value is -1.37. The molecule has 0 aliphatic heterocycles. The highest BCUT2D eigenvalue weighted by molar-refractivity contribution is 7.92. The number of aromatic nitrogens is 1. The van der Waals surface area contributed by atoms with Crippen LogP contribution in [-0.4, -0.2) is 13.4 Å². The number of benzene rings is 1. The first kappa shape index (κ1) is 15.0. The summed E-state index contributed by atoms with van der Waals surface area (Å²) < 4.78 is 39.7. The Morgan fingerprint density at radius 3 is 2.55 bits per heavy atom. The number of rotatable bonds is 3. The van der Waals surface area contributed by atoms with Crippen LogP contribution in [0.3, 0.4) is 0 Å². The summed E-state index contributed by atoms with van der Waals surface area (Å²) in [6.45, 7) is 1.63. The molecule has 0 amide bonds. The Morgan fingerprint density at radius 1 is 1.25 bits per heavy atom. The number of nitrogens with zero attached hydrogens (tertiary/aromatic N) is 1. The predicted molar refractivity (Wildman–Crippen MR) is 76.2 cm³/mol. The average Bonchev–Trinajstić information content (AvgIpc) is 2.34. The molecule has 20 heavy (non-hydrogen) atoms. The van der Waals surface area contributed by atoms with Gasteiger partial charge in [-0.25, -0.2) is 17.8 Å². The van der Waals surface area contributed by atoms with Crippen LogP contribution in [0.2, 0.25) is 10.3 Å². The van der Waals surface area contributed by atoms with E-state index in [-0.39, 0.29) is 20.9 Å². The van der Waals surface area contributed by atoms with Gasteiger partial charge in [0.15, 0.2) is 5.15 Å². The van der Waals surface area contributed by atoms with Crippen molar-refractivity contribution in [2.24, 2.45) is 0 Å². The minimum Gasteiger partial charge on any atom is -0.276 e. The fraction of sp³-hybridized carbons (Fsp3) is 0.0833. The molecule has 8 heteroatoms. The Bertz CT molecular complexity index is 743. The molecule has 1 N–H and O–H groups in total. The van der Waals surface area contributed by atoms with Crippen LogP contribution in [0.4, 0.5) is 10.1 Å². The minimum absolute atomic E-state index is 0.0741. The SMILES string of the molecule is Cc1cc(Cl)nc(Cl)c1NS(=O)(=O)c1cccc(F)c1. The normalized spacial score (nSPS) is 11.4. The quantitative estimate of drug-likeness (QED) is 0.872. The van der Waals surface area contributed by atoms with E-state index in [1.807, 2.05) is 0 Å². The molecule has 2 rings (SSSR count). The van der Waals surface area contributed by atoms with Gasteiger partial charge in [0.05, 0.1) is 10.6 Å². The number of sulfonamides is 1. The highest BCUT2D eigenvalue weighted by atomic mass is 35.5. The average molecular weight is 335 g/mol. The van der Waals surface area contributed by atoms with Crippen LogP contribution in [0.5, 0.6) is 0 Å². The molecule has 0 spiro atoms. The van der Waals surface area contributed by atoms with Gasteiger partial charge in [-0.15, -0.1) is 0 Å². The van der Waals surface area contributed by atoms with Gasteiger partial charge in [0.25, 0.3) is 10.0 Å². The summed E-state index contributed by atoms with van der Waals surface area (Å²) >= 11 is 11.6. The third-order valence-electron chi connectivity index (χ3n) is 2.48. The summed E-state index contributed by atoms with van der Waals surface area (Å²) in [5, 5.41) is 0.0798. The van der Waals surface area contributed by atoms with E-state index in [0.29, 0.717) is 5.56 Å².